The van der Waals surface area contributed by atoms with E-state index in [1.165, 1.54) is 0 Å². The number of rotatable bonds is 3. The van der Waals surface area contributed by atoms with Crippen LogP contribution in [0.1, 0.15) is 43.9 Å². The van der Waals surface area contributed by atoms with Gasteiger partial charge in [0.05, 0.1) is 0 Å². The second-order valence-corrected chi connectivity index (χ2v) is 6.48. The average molecular weight is 264 g/mol. The maximum atomic E-state index is 14.0. The average Bonchev–Trinajstić information content (AvgIpc) is 2.36. The van der Waals surface area contributed by atoms with Crippen molar-refractivity contribution in [3.63, 3.8) is 0 Å². The number of nitrogens with zero attached hydrogens (tertiary/aromatic N) is 1. The molecule has 1 unspecified atom stereocenters. The van der Waals surface area contributed by atoms with Gasteiger partial charge in [0.1, 0.15) is 5.82 Å². The number of hydrogen-bond donors (Lipinski definition) is 1. The van der Waals surface area contributed by atoms with Crippen LogP contribution in [0.4, 0.5) is 4.39 Å². The first-order valence-corrected chi connectivity index (χ1v) is 7.13. The molecule has 0 bridgehead atoms. The smallest absolute Gasteiger partial charge is 0.128 e. The minimum absolute atomic E-state index is 0.0102. The van der Waals surface area contributed by atoms with E-state index in [2.05, 4.69) is 18.7 Å². The minimum atomic E-state index is -0.133. The Morgan fingerprint density at radius 3 is 2.53 bits per heavy atom. The molecular formula is C16H25FN2. The van der Waals surface area contributed by atoms with E-state index in [1.54, 1.807) is 6.07 Å². The third kappa shape index (κ3) is 3.34. The first-order chi connectivity index (χ1) is 8.93. The van der Waals surface area contributed by atoms with Crippen molar-refractivity contribution in [2.24, 2.45) is 11.1 Å². The summed E-state index contributed by atoms with van der Waals surface area (Å²) in [6.07, 6.45) is 2.30. The van der Waals surface area contributed by atoms with Gasteiger partial charge in [-0.3, -0.25) is 4.90 Å². The second kappa shape index (κ2) is 5.59. The molecule has 0 spiro atoms. The molecule has 1 aliphatic heterocycles. The van der Waals surface area contributed by atoms with Gasteiger partial charge < -0.3 is 5.73 Å². The topological polar surface area (TPSA) is 29.3 Å². The quantitative estimate of drug-likeness (QED) is 0.908. The maximum absolute atomic E-state index is 14.0. The lowest BCUT2D eigenvalue weighted by Crippen LogP contribution is -2.42. The highest BCUT2D eigenvalue weighted by molar-refractivity contribution is 5.27. The van der Waals surface area contributed by atoms with E-state index < -0.39 is 0 Å². The van der Waals surface area contributed by atoms with Gasteiger partial charge in [-0.15, -0.1) is 0 Å². The monoisotopic (exact) mass is 264 g/mol. The fraction of sp³-hybridized carbons (Fsp3) is 0.625. The molecule has 2 rings (SSSR count). The summed E-state index contributed by atoms with van der Waals surface area (Å²) in [5, 5.41) is 0. The SMILES string of the molecule is Cc1ccc(F)c(C(CN)N2CCC(C)(C)CC2)c1. The number of hydrogen-bond acceptors (Lipinski definition) is 2. The van der Waals surface area contributed by atoms with Gasteiger partial charge in [0, 0.05) is 18.2 Å². The Hall–Kier alpha value is -0.930. The van der Waals surface area contributed by atoms with Crippen LogP contribution in [0.5, 0.6) is 0 Å². The summed E-state index contributed by atoms with van der Waals surface area (Å²) >= 11 is 0. The van der Waals surface area contributed by atoms with Crippen LogP contribution in [0.2, 0.25) is 0 Å². The third-order valence-electron chi connectivity index (χ3n) is 4.33. The molecule has 3 heteroatoms. The fourth-order valence-corrected chi connectivity index (χ4v) is 2.83. The predicted molar refractivity (Wildman–Crippen MR) is 77.5 cm³/mol. The Labute approximate surface area is 115 Å². The standard InChI is InChI=1S/C16H25FN2/c1-12-4-5-14(17)13(10-12)15(11-18)19-8-6-16(2,3)7-9-19/h4-5,10,15H,6-9,11,18H2,1-3H3. The number of aryl methyl sites for hydroxylation is 1. The first kappa shape index (κ1) is 14.5. The van der Waals surface area contributed by atoms with E-state index in [0.717, 1.165) is 37.1 Å². The largest absolute Gasteiger partial charge is 0.329 e. The lowest BCUT2D eigenvalue weighted by atomic mass is 9.82. The molecule has 0 aromatic heterocycles. The molecule has 1 atom stereocenters. The van der Waals surface area contributed by atoms with E-state index in [0.29, 0.717) is 12.0 Å². The van der Waals surface area contributed by atoms with Gasteiger partial charge in [0.2, 0.25) is 0 Å². The summed E-state index contributed by atoms with van der Waals surface area (Å²) in [6.45, 7) is 9.07. The van der Waals surface area contributed by atoms with E-state index in [1.807, 2.05) is 19.1 Å². The molecule has 1 fully saturated rings. The van der Waals surface area contributed by atoms with E-state index in [9.17, 15) is 4.39 Å². The van der Waals surface area contributed by atoms with Crippen LogP contribution in [-0.2, 0) is 0 Å². The van der Waals surface area contributed by atoms with Crippen molar-refractivity contribution >= 4 is 0 Å². The minimum Gasteiger partial charge on any atom is -0.329 e. The van der Waals surface area contributed by atoms with Gasteiger partial charge in [-0.05, 0) is 44.3 Å². The Morgan fingerprint density at radius 1 is 1.32 bits per heavy atom. The molecule has 1 aromatic carbocycles. The van der Waals surface area contributed by atoms with Gasteiger partial charge in [-0.2, -0.15) is 0 Å². The summed E-state index contributed by atoms with van der Waals surface area (Å²) in [5.41, 5.74) is 8.16. The Balaban J connectivity index is 2.18. The highest BCUT2D eigenvalue weighted by Gasteiger charge is 2.30. The third-order valence-corrected chi connectivity index (χ3v) is 4.33. The van der Waals surface area contributed by atoms with Crippen molar-refractivity contribution in [1.82, 2.24) is 4.90 Å². The van der Waals surface area contributed by atoms with Crippen molar-refractivity contribution in [3.05, 3.63) is 35.1 Å². The molecule has 0 aliphatic carbocycles. The van der Waals surface area contributed by atoms with Crippen molar-refractivity contribution < 1.29 is 4.39 Å². The molecular weight excluding hydrogens is 239 g/mol. The maximum Gasteiger partial charge on any atom is 0.128 e. The molecule has 2 N–H and O–H groups in total. The van der Waals surface area contributed by atoms with Gasteiger partial charge in [0.15, 0.2) is 0 Å². The number of benzene rings is 1. The molecule has 1 heterocycles. The van der Waals surface area contributed by atoms with Crippen molar-refractivity contribution in [2.75, 3.05) is 19.6 Å². The van der Waals surface area contributed by atoms with E-state index in [4.69, 9.17) is 5.73 Å². The second-order valence-electron chi connectivity index (χ2n) is 6.48. The van der Waals surface area contributed by atoms with Gasteiger partial charge in [-0.25, -0.2) is 4.39 Å². The Bertz CT molecular complexity index is 432. The van der Waals surface area contributed by atoms with Crippen LogP contribution in [-0.4, -0.2) is 24.5 Å². The molecule has 19 heavy (non-hydrogen) atoms. The van der Waals surface area contributed by atoms with Crippen molar-refractivity contribution in [2.45, 2.75) is 39.7 Å². The van der Waals surface area contributed by atoms with Crippen LogP contribution in [0.25, 0.3) is 0 Å². The van der Waals surface area contributed by atoms with Gasteiger partial charge in [-0.1, -0.05) is 31.5 Å². The molecule has 1 aliphatic rings. The van der Waals surface area contributed by atoms with Gasteiger partial charge in [0.25, 0.3) is 0 Å². The zero-order valence-electron chi connectivity index (χ0n) is 12.2. The van der Waals surface area contributed by atoms with Crippen molar-refractivity contribution in [3.8, 4) is 0 Å². The summed E-state index contributed by atoms with van der Waals surface area (Å²) in [4.78, 5) is 2.34. The summed E-state index contributed by atoms with van der Waals surface area (Å²) in [7, 11) is 0. The summed E-state index contributed by atoms with van der Waals surface area (Å²) in [6, 6.07) is 5.32. The van der Waals surface area contributed by atoms with E-state index in [-0.39, 0.29) is 11.9 Å². The Kier molecular flexibility index (Phi) is 4.26. The zero-order valence-corrected chi connectivity index (χ0v) is 12.2. The molecule has 0 saturated carbocycles. The molecule has 1 saturated heterocycles. The molecule has 1 aromatic rings. The highest BCUT2D eigenvalue weighted by Crippen LogP contribution is 2.34. The molecule has 0 amide bonds. The number of piperidine rings is 1. The lowest BCUT2D eigenvalue weighted by Gasteiger charge is -2.41. The fourth-order valence-electron chi connectivity index (χ4n) is 2.83. The Morgan fingerprint density at radius 2 is 1.95 bits per heavy atom. The van der Waals surface area contributed by atoms with Crippen molar-refractivity contribution in [1.29, 1.82) is 0 Å². The zero-order chi connectivity index (χ0) is 14.0. The first-order valence-electron chi connectivity index (χ1n) is 7.13. The summed E-state index contributed by atoms with van der Waals surface area (Å²) < 4.78 is 14.0. The number of likely N-dealkylation sites (tertiary alicyclic amines) is 1. The molecule has 106 valence electrons. The summed E-state index contributed by atoms with van der Waals surface area (Å²) in [5.74, 6) is -0.133. The van der Waals surface area contributed by atoms with Crippen LogP contribution in [0, 0.1) is 18.2 Å². The molecule has 2 nitrogen and oxygen atoms in total. The lowest BCUT2D eigenvalue weighted by molar-refractivity contribution is 0.0949. The normalized spacial score (nSPS) is 21.3. The van der Waals surface area contributed by atoms with Gasteiger partial charge >= 0.3 is 0 Å². The van der Waals surface area contributed by atoms with Crippen LogP contribution in [0.3, 0.4) is 0 Å². The molecule has 0 radical (unpaired) electrons. The number of nitrogens with two attached hydrogens (primary N) is 1. The number of halogens is 1. The highest BCUT2D eigenvalue weighted by atomic mass is 19.1. The van der Waals surface area contributed by atoms with Crippen LogP contribution in [0.15, 0.2) is 18.2 Å². The van der Waals surface area contributed by atoms with E-state index >= 15 is 0 Å². The predicted octanol–water partition coefficient (Wildman–Crippen LogP) is 3.26. The van der Waals surface area contributed by atoms with Crippen LogP contribution < -0.4 is 5.73 Å². The van der Waals surface area contributed by atoms with Crippen LogP contribution >= 0.6 is 0 Å².